The van der Waals surface area contributed by atoms with Crippen molar-refractivity contribution in [2.75, 3.05) is 20.2 Å². The quantitative estimate of drug-likeness (QED) is 0.645. The number of rotatable bonds is 3. The Balaban J connectivity index is 0.00000180. The van der Waals surface area contributed by atoms with E-state index >= 15 is 0 Å². The van der Waals surface area contributed by atoms with Crippen LogP contribution in [0, 0.1) is 17.8 Å². The van der Waals surface area contributed by atoms with Gasteiger partial charge in [-0.15, -0.1) is 12.4 Å². The average molecular weight is 388 g/mol. The number of methoxy groups -OCH3 is 1. The van der Waals surface area contributed by atoms with Gasteiger partial charge in [0.1, 0.15) is 5.75 Å². The number of nitrogens with zero attached hydrogens (tertiary/aromatic N) is 1. The van der Waals surface area contributed by atoms with Crippen LogP contribution in [0.3, 0.4) is 0 Å². The van der Waals surface area contributed by atoms with Crippen molar-refractivity contribution in [2.45, 2.75) is 63.3 Å². The van der Waals surface area contributed by atoms with E-state index in [9.17, 15) is 0 Å². The van der Waals surface area contributed by atoms with Gasteiger partial charge in [-0.3, -0.25) is 4.90 Å². The molecule has 0 amide bonds. The fourth-order valence-electron chi connectivity index (χ4n) is 6.95. The van der Waals surface area contributed by atoms with Crippen LogP contribution in [-0.4, -0.2) is 31.1 Å². The number of allylic oxidation sites excluding steroid dienone is 1. The molecule has 2 saturated carbocycles. The number of ether oxygens (including phenoxy) is 1. The largest absolute Gasteiger partial charge is 0.497 e. The first kappa shape index (κ1) is 19.3. The second-order valence-corrected chi connectivity index (χ2v) is 9.63. The van der Waals surface area contributed by atoms with E-state index in [-0.39, 0.29) is 12.4 Å². The highest BCUT2D eigenvalue weighted by atomic mass is 35.5. The van der Waals surface area contributed by atoms with Gasteiger partial charge in [0.05, 0.1) is 7.11 Å². The number of halogens is 1. The van der Waals surface area contributed by atoms with Gasteiger partial charge in [-0.05, 0) is 86.1 Å². The fraction of sp³-hybridized carbons (Fsp3) is 0.667. The molecule has 2 bridgehead atoms. The molecule has 0 N–H and O–H groups in total. The van der Waals surface area contributed by atoms with Crippen molar-refractivity contribution in [2.24, 2.45) is 17.8 Å². The Morgan fingerprint density at radius 2 is 2.07 bits per heavy atom. The average Bonchev–Trinajstić information content (AvgIpc) is 2.58. The van der Waals surface area contributed by atoms with Gasteiger partial charge in [0.15, 0.2) is 0 Å². The van der Waals surface area contributed by atoms with Gasteiger partial charge in [0.25, 0.3) is 0 Å². The van der Waals surface area contributed by atoms with E-state index in [0.717, 1.165) is 29.5 Å². The SMILES string of the molecule is C=C1CC(C)[C@H]2[C@H]3Cc4ccc(OC)cc4[C@@]2(CCN3CC2CCC2)C1.Cl. The minimum Gasteiger partial charge on any atom is -0.497 e. The third-order valence-electron chi connectivity index (χ3n) is 8.16. The van der Waals surface area contributed by atoms with Crippen LogP contribution in [0.2, 0.25) is 0 Å². The molecular weight excluding hydrogens is 354 g/mol. The second-order valence-electron chi connectivity index (χ2n) is 9.63. The zero-order valence-corrected chi connectivity index (χ0v) is 17.7. The summed E-state index contributed by atoms with van der Waals surface area (Å²) >= 11 is 0. The zero-order valence-electron chi connectivity index (χ0n) is 16.9. The highest BCUT2D eigenvalue weighted by Gasteiger charge is 2.56. The summed E-state index contributed by atoms with van der Waals surface area (Å²) in [4.78, 5) is 2.89. The summed E-state index contributed by atoms with van der Waals surface area (Å²) < 4.78 is 5.61. The summed E-state index contributed by atoms with van der Waals surface area (Å²) in [5, 5.41) is 0. The lowest BCUT2D eigenvalue weighted by molar-refractivity contribution is -0.0376. The maximum Gasteiger partial charge on any atom is 0.119 e. The standard InChI is InChI=1S/C24H33NO.ClH/c1-16-11-17(2)23-22-12-19-7-8-20(26-3)13-21(19)24(23,14-16)9-10-25(22)15-18-5-4-6-18;/h7-8,13,17-18,22-23H,1,4-6,9-12,14-15H2,2-3H3;1H/t17?,22-,23+,24-;/m1./s1. The molecule has 5 rings (SSSR count). The summed E-state index contributed by atoms with van der Waals surface area (Å²) in [7, 11) is 1.80. The molecule has 0 aromatic heterocycles. The van der Waals surface area contributed by atoms with Crippen molar-refractivity contribution in [3.8, 4) is 5.75 Å². The third kappa shape index (κ3) is 2.95. The Morgan fingerprint density at radius 1 is 1.26 bits per heavy atom. The molecule has 3 heteroatoms. The van der Waals surface area contributed by atoms with Gasteiger partial charge in [0, 0.05) is 18.0 Å². The first-order valence-corrected chi connectivity index (χ1v) is 10.7. The van der Waals surface area contributed by atoms with Crippen LogP contribution in [0.1, 0.15) is 56.6 Å². The summed E-state index contributed by atoms with van der Waals surface area (Å²) in [6, 6.07) is 7.62. The van der Waals surface area contributed by atoms with E-state index in [2.05, 4.69) is 36.6 Å². The van der Waals surface area contributed by atoms with Gasteiger partial charge < -0.3 is 4.74 Å². The Hall–Kier alpha value is -0.990. The van der Waals surface area contributed by atoms with Crippen LogP contribution in [0.25, 0.3) is 0 Å². The smallest absolute Gasteiger partial charge is 0.119 e. The Morgan fingerprint density at radius 3 is 2.78 bits per heavy atom. The van der Waals surface area contributed by atoms with Crippen molar-refractivity contribution in [3.05, 3.63) is 41.5 Å². The predicted octanol–water partition coefficient (Wildman–Crippen LogP) is 5.39. The molecule has 2 nitrogen and oxygen atoms in total. The van der Waals surface area contributed by atoms with Gasteiger partial charge >= 0.3 is 0 Å². The van der Waals surface area contributed by atoms with Gasteiger partial charge in [-0.1, -0.05) is 31.6 Å². The van der Waals surface area contributed by atoms with Crippen LogP contribution in [0.5, 0.6) is 5.75 Å². The molecule has 148 valence electrons. The molecule has 1 saturated heterocycles. The van der Waals surface area contributed by atoms with Crippen LogP contribution in [0.4, 0.5) is 0 Å². The van der Waals surface area contributed by atoms with Gasteiger partial charge in [-0.2, -0.15) is 0 Å². The van der Waals surface area contributed by atoms with Crippen LogP contribution in [-0.2, 0) is 11.8 Å². The lowest BCUT2D eigenvalue weighted by Crippen LogP contribution is -2.63. The topological polar surface area (TPSA) is 12.5 Å². The Bertz CT molecular complexity index is 727. The second kappa shape index (κ2) is 7.12. The molecule has 0 radical (unpaired) electrons. The number of likely N-dealkylation sites (tertiary alicyclic amines) is 1. The van der Waals surface area contributed by atoms with E-state index in [1.807, 2.05) is 0 Å². The van der Waals surface area contributed by atoms with Crippen molar-refractivity contribution < 1.29 is 4.74 Å². The molecule has 0 spiro atoms. The van der Waals surface area contributed by atoms with Crippen molar-refractivity contribution in [1.82, 2.24) is 4.90 Å². The highest BCUT2D eigenvalue weighted by molar-refractivity contribution is 5.85. The molecule has 27 heavy (non-hydrogen) atoms. The first-order chi connectivity index (χ1) is 12.6. The predicted molar refractivity (Wildman–Crippen MR) is 114 cm³/mol. The molecule has 4 atom stereocenters. The van der Waals surface area contributed by atoms with E-state index in [0.29, 0.717) is 5.41 Å². The van der Waals surface area contributed by atoms with E-state index in [4.69, 9.17) is 4.74 Å². The monoisotopic (exact) mass is 387 g/mol. The maximum absolute atomic E-state index is 5.61. The van der Waals surface area contributed by atoms with E-state index in [1.165, 1.54) is 63.6 Å². The molecule has 3 fully saturated rings. The molecule has 3 aliphatic carbocycles. The normalized spacial score (nSPS) is 35.5. The molecule has 4 aliphatic rings. The fourth-order valence-corrected chi connectivity index (χ4v) is 6.95. The molecule has 1 aliphatic heterocycles. The summed E-state index contributed by atoms with van der Waals surface area (Å²) in [5.74, 6) is 3.51. The Labute approximate surface area is 170 Å². The zero-order chi connectivity index (χ0) is 17.9. The molecule has 1 unspecified atom stereocenters. The number of piperidine rings is 1. The highest BCUT2D eigenvalue weighted by Crippen LogP contribution is 2.59. The number of benzene rings is 1. The molecule has 1 aromatic carbocycles. The summed E-state index contributed by atoms with van der Waals surface area (Å²) in [5.41, 5.74) is 4.94. The van der Waals surface area contributed by atoms with Gasteiger partial charge in [-0.25, -0.2) is 0 Å². The maximum atomic E-state index is 5.61. The molecular formula is C24H34ClNO. The molecule has 1 aromatic rings. The van der Waals surface area contributed by atoms with Gasteiger partial charge in [0.2, 0.25) is 0 Å². The number of fused-ring (bicyclic) bond motifs is 1. The van der Waals surface area contributed by atoms with E-state index < -0.39 is 0 Å². The summed E-state index contributed by atoms with van der Waals surface area (Å²) in [6.07, 6.45) is 9.31. The first-order valence-electron chi connectivity index (χ1n) is 10.7. The lowest BCUT2D eigenvalue weighted by atomic mass is 9.49. The number of hydrogen-bond donors (Lipinski definition) is 0. The summed E-state index contributed by atoms with van der Waals surface area (Å²) in [6.45, 7) is 9.57. The lowest BCUT2D eigenvalue weighted by Gasteiger charge is -2.62. The van der Waals surface area contributed by atoms with Crippen molar-refractivity contribution in [3.63, 3.8) is 0 Å². The minimum atomic E-state index is 0. The van der Waals surface area contributed by atoms with Crippen LogP contribution in [0.15, 0.2) is 30.4 Å². The van der Waals surface area contributed by atoms with Crippen molar-refractivity contribution in [1.29, 1.82) is 0 Å². The minimum absolute atomic E-state index is 0. The van der Waals surface area contributed by atoms with Crippen LogP contribution >= 0.6 is 12.4 Å². The molecule has 1 heterocycles. The van der Waals surface area contributed by atoms with E-state index in [1.54, 1.807) is 18.2 Å². The Kier molecular flexibility index (Phi) is 5.10. The third-order valence-corrected chi connectivity index (χ3v) is 8.16. The van der Waals surface area contributed by atoms with Crippen molar-refractivity contribution >= 4 is 12.4 Å². The van der Waals surface area contributed by atoms with Crippen LogP contribution < -0.4 is 4.74 Å². The number of hydrogen-bond acceptors (Lipinski definition) is 2.